The second kappa shape index (κ2) is 15.2. The minimum Gasteiger partial charge on any atom is -0.480 e. The first-order chi connectivity index (χ1) is 20.4. The molecule has 11 nitrogen and oxygen atoms in total. The van der Waals surface area contributed by atoms with Crippen LogP contribution in [0, 0.1) is 0 Å². The van der Waals surface area contributed by atoms with Crippen LogP contribution in [-0.2, 0) is 28.7 Å². The number of benzene rings is 2. The zero-order valence-electron chi connectivity index (χ0n) is 25.1. The van der Waals surface area contributed by atoms with Crippen molar-refractivity contribution >= 4 is 29.8 Å². The Morgan fingerprint density at radius 2 is 1.47 bits per heavy atom. The van der Waals surface area contributed by atoms with Gasteiger partial charge in [-0.05, 0) is 68.7 Å². The quantitative estimate of drug-likeness (QED) is 0.189. The van der Waals surface area contributed by atoms with Gasteiger partial charge in [0.15, 0.2) is 0 Å². The summed E-state index contributed by atoms with van der Waals surface area (Å²) in [5, 5.41) is 17.3. The van der Waals surface area contributed by atoms with Crippen molar-refractivity contribution in [1.29, 1.82) is 0 Å². The van der Waals surface area contributed by atoms with Gasteiger partial charge in [0.1, 0.15) is 24.3 Å². The van der Waals surface area contributed by atoms with E-state index < -0.39 is 41.6 Å². The number of alkyl carbamates (subject to hydrolysis) is 1. The summed E-state index contributed by atoms with van der Waals surface area (Å²) in [5.41, 5.74) is 3.58. The zero-order valence-corrected chi connectivity index (χ0v) is 25.1. The topological polar surface area (TPSA) is 160 Å². The summed E-state index contributed by atoms with van der Waals surface area (Å²) in [6.45, 7) is 6.78. The molecule has 3 amide bonds. The summed E-state index contributed by atoms with van der Waals surface area (Å²) in [6.07, 6.45) is 0.313. The zero-order chi connectivity index (χ0) is 31.6. The number of carboxylic acids is 1. The van der Waals surface area contributed by atoms with Crippen LogP contribution in [0.3, 0.4) is 0 Å². The van der Waals surface area contributed by atoms with Gasteiger partial charge in [0.2, 0.25) is 11.8 Å². The number of ether oxygens (including phenoxy) is 2. The maximum absolute atomic E-state index is 12.5. The molecule has 0 spiro atoms. The molecule has 232 valence electrons. The number of carbonyl (C=O) groups is 5. The number of carboxylic acid groups (broad SMARTS) is 1. The van der Waals surface area contributed by atoms with Crippen LogP contribution in [0.4, 0.5) is 4.79 Å². The van der Waals surface area contributed by atoms with Gasteiger partial charge in [-0.3, -0.25) is 9.59 Å². The second-order valence-corrected chi connectivity index (χ2v) is 11.5. The van der Waals surface area contributed by atoms with Gasteiger partial charge in [-0.25, -0.2) is 14.4 Å². The van der Waals surface area contributed by atoms with Gasteiger partial charge in [0.05, 0.1) is 0 Å². The molecule has 0 aliphatic heterocycles. The van der Waals surface area contributed by atoms with Crippen LogP contribution in [0.2, 0.25) is 0 Å². The van der Waals surface area contributed by atoms with Gasteiger partial charge in [0.25, 0.3) is 0 Å². The molecule has 2 aromatic carbocycles. The Balaban J connectivity index is 1.39. The smallest absolute Gasteiger partial charge is 0.407 e. The van der Waals surface area contributed by atoms with Crippen LogP contribution in [0.1, 0.15) is 76.8 Å². The monoisotopic (exact) mass is 595 g/mol. The van der Waals surface area contributed by atoms with Crippen molar-refractivity contribution in [2.45, 2.75) is 83.4 Å². The van der Waals surface area contributed by atoms with E-state index in [1.807, 2.05) is 48.5 Å². The fraction of sp³-hybridized carbons (Fsp3) is 0.469. The van der Waals surface area contributed by atoms with Gasteiger partial charge in [-0.1, -0.05) is 48.5 Å². The van der Waals surface area contributed by atoms with Crippen molar-refractivity contribution in [3.05, 3.63) is 59.7 Å². The van der Waals surface area contributed by atoms with Crippen LogP contribution < -0.4 is 16.0 Å². The van der Waals surface area contributed by atoms with E-state index in [9.17, 15) is 29.1 Å². The molecule has 0 saturated heterocycles. The number of unbranched alkanes of at least 4 members (excludes halogenated alkanes) is 1. The molecular weight excluding hydrogens is 554 g/mol. The summed E-state index contributed by atoms with van der Waals surface area (Å²) >= 11 is 0. The lowest BCUT2D eigenvalue weighted by molar-refractivity contribution is -0.158. The van der Waals surface area contributed by atoms with Crippen molar-refractivity contribution in [3.8, 4) is 11.1 Å². The lowest BCUT2D eigenvalue weighted by Gasteiger charge is -2.24. The van der Waals surface area contributed by atoms with Gasteiger partial charge in [-0.2, -0.15) is 0 Å². The number of carbonyl (C=O) groups excluding carboxylic acids is 4. The fourth-order valence-corrected chi connectivity index (χ4v) is 4.97. The molecule has 0 heterocycles. The van der Waals surface area contributed by atoms with Gasteiger partial charge < -0.3 is 30.5 Å². The Labute approximate surface area is 251 Å². The highest BCUT2D eigenvalue weighted by Crippen LogP contribution is 2.44. The molecule has 43 heavy (non-hydrogen) atoms. The molecule has 0 saturated carbocycles. The molecule has 1 aliphatic rings. The molecule has 2 aromatic rings. The number of fused-ring (bicyclic) bond motifs is 3. The first-order valence-corrected chi connectivity index (χ1v) is 14.5. The molecule has 0 aromatic heterocycles. The number of hydrogen-bond donors (Lipinski definition) is 4. The van der Waals surface area contributed by atoms with Crippen molar-refractivity contribution < 1.29 is 38.6 Å². The van der Waals surface area contributed by atoms with E-state index >= 15 is 0 Å². The first-order valence-electron chi connectivity index (χ1n) is 14.5. The molecule has 3 rings (SSSR count). The number of amides is 3. The maximum atomic E-state index is 12.5. The Morgan fingerprint density at radius 3 is 2.02 bits per heavy atom. The van der Waals surface area contributed by atoms with Crippen molar-refractivity contribution in [3.63, 3.8) is 0 Å². The van der Waals surface area contributed by atoms with E-state index in [1.165, 1.54) is 6.92 Å². The summed E-state index contributed by atoms with van der Waals surface area (Å²) in [6, 6.07) is 13.8. The first kappa shape index (κ1) is 33.1. The van der Waals surface area contributed by atoms with Crippen LogP contribution in [0.5, 0.6) is 0 Å². The number of rotatable bonds is 14. The highest BCUT2D eigenvalue weighted by Gasteiger charge is 2.30. The van der Waals surface area contributed by atoms with E-state index in [2.05, 4.69) is 16.0 Å². The van der Waals surface area contributed by atoms with E-state index in [0.29, 0.717) is 12.8 Å². The van der Waals surface area contributed by atoms with E-state index in [4.69, 9.17) is 9.47 Å². The van der Waals surface area contributed by atoms with Gasteiger partial charge in [-0.15, -0.1) is 0 Å². The Hall–Kier alpha value is -4.41. The lowest BCUT2D eigenvalue weighted by Crippen LogP contribution is -2.44. The summed E-state index contributed by atoms with van der Waals surface area (Å²) in [7, 11) is 0. The third-order valence-electron chi connectivity index (χ3n) is 6.90. The Morgan fingerprint density at radius 1 is 0.860 bits per heavy atom. The third-order valence-corrected chi connectivity index (χ3v) is 6.90. The second-order valence-electron chi connectivity index (χ2n) is 11.5. The van der Waals surface area contributed by atoms with Crippen LogP contribution in [-0.4, -0.2) is 65.8 Å². The number of nitrogens with one attached hydrogen (secondary N) is 3. The van der Waals surface area contributed by atoms with E-state index in [-0.39, 0.29) is 44.2 Å². The number of hydrogen-bond acceptors (Lipinski definition) is 7. The maximum Gasteiger partial charge on any atom is 0.407 e. The van der Waals surface area contributed by atoms with Gasteiger partial charge in [0, 0.05) is 25.8 Å². The van der Waals surface area contributed by atoms with Crippen molar-refractivity contribution in [1.82, 2.24) is 16.0 Å². The van der Waals surface area contributed by atoms with Crippen LogP contribution in [0.25, 0.3) is 11.1 Å². The number of esters is 1. The number of aliphatic carboxylic acids is 1. The predicted molar refractivity (Wildman–Crippen MR) is 159 cm³/mol. The van der Waals surface area contributed by atoms with Gasteiger partial charge >= 0.3 is 18.0 Å². The third kappa shape index (κ3) is 10.1. The van der Waals surface area contributed by atoms with Crippen molar-refractivity contribution in [2.75, 3.05) is 13.2 Å². The predicted octanol–water partition coefficient (Wildman–Crippen LogP) is 3.89. The summed E-state index contributed by atoms with van der Waals surface area (Å²) < 4.78 is 10.8. The minimum absolute atomic E-state index is 0.00865. The standard InChI is InChI=1S/C32H41N3O8/c1-20(36)34-27(30(40)43-32(2,3)4)16-17-28(37)33-18-10-9-15-26(29(38)39)35-31(41)42-19-25-23-13-7-5-11-21(23)22-12-6-8-14-24(22)25/h5-8,11-14,25-27H,9-10,15-19H2,1-4H3,(H,33,37)(H,34,36)(H,35,41)(H,38,39)/t26-,27-/m0/s1. The molecule has 1 aliphatic carbocycles. The average Bonchev–Trinajstić information content (AvgIpc) is 3.25. The molecule has 4 N–H and O–H groups in total. The molecular formula is C32H41N3O8. The Bertz CT molecular complexity index is 1270. The fourth-order valence-electron chi connectivity index (χ4n) is 4.97. The van der Waals surface area contributed by atoms with Crippen LogP contribution in [0.15, 0.2) is 48.5 Å². The lowest BCUT2D eigenvalue weighted by atomic mass is 9.98. The highest BCUT2D eigenvalue weighted by atomic mass is 16.6. The molecule has 0 fully saturated rings. The minimum atomic E-state index is -1.18. The molecule has 0 unspecified atom stereocenters. The highest BCUT2D eigenvalue weighted by molar-refractivity contribution is 5.84. The van der Waals surface area contributed by atoms with E-state index in [1.54, 1.807) is 20.8 Å². The molecule has 2 atom stereocenters. The summed E-state index contributed by atoms with van der Waals surface area (Å²) in [4.78, 5) is 60.4. The van der Waals surface area contributed by atoms with Crippen LogP contribution >= 0.6 is 0 Å². The average molecular weight is 596 g/mol. The normalized spacial score (nSPS) is 13.6. The summed E-state index contributed by atoms with van der Waals surface area (Å²) in [5.74, 6) is -2.65. The molecule has 0 radical (unpaired) electrons. The van der Waals surface area contributed by atoms with Crippen molar-refractivity contribution in [2.24, 2.45) is 0 Å². The largest absolute Gasteiger partial charge is 0.480 e. The molecule has 0 bridgehead atoms. The van der Waals surface area contributed by atoms with E-state index in [0.717, 1.165) is 22.3 Å². The Kier molecular flexibility index (Phi) is 11.7. The molecule has 11 heteroatoms. The SMILES string of the molecule is CC(=O)N[C@@H](CCC(=O)NCCCC[C@H](NC(=O)OCC1c2ccccc2-c2ccccc21)C(=O)O)C(=O)OC(C)(C)C.